The molecule has 0 radical (unpaired) electrons. The summed E-state index contributed by atoms with van der Waals surface area (Å²) in [6, 6.07) is 20.9. The molecule has 0 aromatic heterocycles. The Bertz CT molecular complexity index is 803. The average molecular weight is 422 g/mol. The minimum atomic E-state index is -3.00. The fourth-order valence-corrected chi connectivity index (χ4v) is 8.20. The van der Waals surface area contributed by atoms with Gasteiger partial charge in [-0.1, -0.05) is 87.5 Å². The molecular weight excluding hydrogens is 387 g/mol. The van der Waals surface area contributed by atoms with Gasteiger partial charge in [0.2, 0.25) is 0 Å². The molecule has 5 heteroatoms. The Kier molecular flexibility index (Phi) is 6.23. The average Bonchev–Trinajstić information content (AvgIpc) is 2.90. The zero-order chi connectivity index (χ0) is 22.2. The van der Waals surface area contributed by atoms with Crippen LogP contribution in [0, 0.1) is 5.41 Å². The molecule has 1 fully saturated rings. The first-order chi connectivity index (χ1) is 13.9. The van der Waals surface area contributed by atoms with Crippen LogP contribution in [0.3, 0.4) is 0 Å². The van der Waals surface area contributed by atoms with Crippen LogP contribution in [-0.2, 0) is 13.7 Å². The molecule has 1 atom stereocenters. The van der Waals surface area contributed by atoms with E-state index < -0.39 is 26.1 Å². The maximum atomic E-state index is 7.17. The third-order valence-electron chi connectivity index (χ3n) is 6.37. The second-order valence-corrected chi connectivity index (χ2v) is 13.5. The Morgan fingerprint density at radius 3 is 1.60 bits per heavy atom. The van der Waals surface area contributed by atoms with Crippen LogP contribution >= 0.6 is 0 Å². The summed E-state index contributed by atoms with van der Waals surface area (Å²) in [6.45, 7) is 18.5. The lowest BCUT2D eigenvalue weighted by Gasteiger charge is -2.40. The lowest BCUT2D eigenvalue weighted by molar-refractivity contribution is 0.00578. The van der Waals surface area contributed by atoms with Crippen LogP contribution in [0.15, 0.2) is 73.3 Å². The molecule has 1 aliphatic rings. The highest BCUT2D eigenvalue weighted by molar-refractivity contribution is 7.37. The van der Waals surface area contributed by atoms with Gasteiger partial charge in [0.05, 0.1) is 17.3 Å². The molecule has 3 nitrogen and oxygen atoms in total. The zero-order valence-corrected chi connectivity index (χ0v) is 20.4. The van der Waals surface area contributed by atoms with Crippen molar-refractivity contribution in [2.45, 2.75) is 65.8 Å². The van der Waals surface area contributed by atoms with Gasteiger partial charge in [-0.05, 0) is 43.5 Å². The van der Waals surface area contributed by atoms with Crippen LogP contribution in [0.5, 0.6) is 0 Å². The van der Waals surface area contributed by atoms with Gasteiger partial charge in [0.25, 0.3) is 8.19 Å². The Morgan fingerprint density at radius 1 is 0.867 bits per heavy atom. The van der Waals surface area contributed by atoms with E-state index in [0.717, 1.165) is 10.4 Å². The van der Waals surface area contributed by atoms with E-state index in [-0.39, 0.29) is 11.5 Å². The van der Waals surface area contributed by atoms with Gasteiger partial charge in [0, 0.05) is 0 Å². The zero-order valence-electron chi connectivity index (χ0n) is 19.4. The van der Waals surface area contributed by atoms with Gasteiger partial charge < -0.3 is 13.7 Å². The van der Waals surface area contributed by atoms with Crippen molar-refractivity contribution in [2.75, 3.05) is 0 Å². The lowest BCUT2D eigenvalue weighted by atomic mass is 9.89. The highest BCUT2D eigenvalue weighted by atomic mass is 28.3. The number of benzene rings is 2. The molecule has 1 heterocycles. The van der Waals surface area contributed by atoms with Crippen LogP contribution in [-0.4, -0.2) is 32.2 Å². The molecule has 0 amide bonds. The Hall–Kier alpha value is -1.66. The first-order valence-corrected chi connectivity index (χ1v) is 12.7. The molecule has 160 valence electrons. The van der Waals surface area contributed by atoms with Crippen molar-refractivity contribution in [3.63, 3.8) is 0 Å². The SMILES string of the molecule is C=CC(O[Si](B1OC(C)(C)C(C)(C)O1)(c1ccccc1)c1ccccc1)C(C)(C)C. The summed E-state index contributed by atoms with van der Waals surface area (Å²) in [5.74, 6) is 0. The molecule has 30 heavy (non-hydrogen) atoms. The second-order valence-electron chi connectivity index (χ2n) is 10.2. The Labute approximate surface area is 183 Å². The minimum Gasteiger partial charge on any atom is -0.404 e. The third kappa shape index (κ3) is 4.09. The lowest BCUT2D eigenvalue weighted by Crippen LogP contribution is -2.73. The molecule has 3 rings (SSSR count). The Balaban J connectivity index is 2.27. The van der Waals surface area contributed by atoms with E-state index in [1.165, 1.54) is 0 Å². The molecule has 0 aliphatic carbocycles. The summed E-state index contributed by atoms with van der Waals surface area (Å²) in [7, 11) is -3.00. The summed E-state index contributed by atoms with van der Waals surface area (Å²) >= 11 is 0. The van der Waals surface area contributed by atoms with E-state index in [9.17, 15) is 0 Å². The fourth-order valence-electron chi connectivity index (χ4n) is 3.79. The Morgan fingerprint density at radius 2 is 1.27 bits per heavy atom. The van der Waals surface area contributed by atoms with Crippen molar-refractivity contribution in [3.05, 3.63) is 73.3 Å². The number of rotatable bonds is 6. The van der Waals surface area contributed by atoms with Gasteiger partial charge in [-0.25, -0.2) is 0 Å². The molecule has 2 aromatic rings. The minimum absolute atomic E-state index is 0.118. The molecule has 1 unspecified atom stereocenters. The van der Waals surface area contributed by atoms with Gasteiger partial charge in [0.15, 0.2) is 0 Å². The van der Waals surface area contributed by atoms with E-state index in [0.29, 0.717) is 0 Å². The van der Waals surface area contributed by atoms with Crippen molar-refractivity contribution in [1.29, 1.82) is 0 Å². The normalized spacial score (nSPS) is 19.5. The molecule has 1 saturated heterocycles. The second kappa shape index (κ2) is 8.12. The summed E-state index contributed by atoms with van der Waals surface area (Å²) in [5.41, 5.74) is -1.02. The summed E-state index contributed by atoms with van der Waals surface area (Å²) in [4.78, 5) is 0. The van der Waals surface area contributed by atoms with E-state index >= 15 is 0 Å². The number of hydrogen-bond acceptors (Lipinski definition) is 3. The summed E-state index contributed by atoms with van der Waals surface area (Å²) in [6.07, 6.45) is 1.75. The number of hydrogen-bond donors (Lipinski definition) is 0. The highest BCUT2D eigenvalue weighted by Crippen LogP contribution is 2.40. The topological polar surface area (TPSA) is 27.7 Å². The smallest absolute Gasteiger partial charge is 0.404 e. The van der Waals surface area contributed by atoms with Crippen molar-refractivity contribution >= 4 is 25.3 Å². The van der Waals surface area contributed by atoms with Crippen molar-refractivity contribution in [1.82, 2.24) is 0 Å². The standard InChI is InChI=1S/C25H35BO3Si/c1-9-22(23(2,3)4)27-30(20-16-12-10-13-17-20,21-18-14-11-15-19-21)26-28-24(5,6)25(7,8)29-26/h9-19,22H,1H2,2-8H3. The van der Waals surface area contributed by atoms with Crippen LogP contribution in [0.4, 0.5) is 0 Å². The van der Waals surface area contributed by atoms with Crippen molar-refractivity contribution < 1.29 is 13.7 Å². The van der Waals surface area contributed by atoms with E-state index in [1.807, 2.05) is 18.2 Å². The van der Waals surface area contributed by atoms with Crippen molar-refractivity contribution in [3.8, 4) is 0 Å². The monoisotopic (exact) mass is 422 g/mol. The summed E-state index contributed by atoms with van der Waals surface area (Å²) in [5, 5.41) is 2.26. The van der Waals surface area contributed by atoms with Crippen LogP contribution in [0.2, 0.25) is 0 Å². The quantitative estimate of drug-likeness (QED) is 0.506. The molecule has 0 N–H and O–H groups in total. The molecule has 0 spiro atoms. The van der Waals surface area contributed by atoms with Gasteiger partial charge in [-0.3, -0.25) is 0 Å². The van der Waals surface area contributed by atoms with Gasteiger partial charge in [0.1, 0.15) is 0 Å². The first-order valence-electron chi connectivity index (χ1n) is 10.7. The molecule has 0 bridgehead atoms. The van der Waals surface area contributed by atoms with E-state index in [1.54, 1.807) is 0 Å². The molecular formula is C25H35BO3Si. The molecule has 1 aliphatic heterocycles. The molecule has 0 saturated carbocycles. The largest absolute Gasteiger partial charge is 0.479 e. The van der Waals surface area contributed by atoms with E-state index in [4.69, 9.17) is 13.7 Å². The third-order valence-corrected chi connectivity index (χ3v) is 10.3. The maximum absolute atomic E-state index is 7.17. The predicted octanol–water partition coefficient (Wildman–Crippen LogP) is 4.53. The highest BCUT2D eigenvalue weighted by Gasteiger charge is 2.64. The summed E-state index contributed by atoms with van der Waals surface area (Å²) < 4.78 is 20.5. The fraction of sp³-hybridized carbons (Fsp3) is 0.440. The van der Waals surface area contributed by atoms with Crippen LogP contribution in [0.1, 0.15) is 48.5 Å². The molecule has 2 aromatic carbocycles. The van der Waals surface area contributed by atoms with Gasteiger partial charge in [-0.2, -0.15) is 0 Å². The van der Waals surface area contributed by atoms with Crippen LogP contribution < -0.4 is 10.4 Å². The van der Waals surface area contributed by atoms with Gasteiger partial charge in [-0.15, -0.1) is 6.58 Å². The van der Waals surface area contributed by atoms with Crippen molar-refractivity contribution in [2.24, 2.45) is 5.41 Å². The first kappa shape index (κ1) is 23.0. The predicted molar refractivity (Wildman–Crippen MR) is 129 cm³/mol. The van der Waals surface area contributed by atoms with Crippen LogP contribution in [0.25, 0.3) is 0 Å². The maximum Gasteiger partial charge on any atom is 0.479 e. The van der Waals surface area contributed by atoms with Gasteiger partial charge >= 0.3 is 6.71 Å². The van der Waals surface area contributed by atoms with E-state index in [2.05, 4.69) is 104 Å².